The van der Waals surface area contributed by atoms with Gasteiger partial charge in [0.2, 0.25) is 0 Å². The molecule has 0 amide bonds. The van der Waals surface area contributed by atoms with Gasteiger partial charge in [0.25, 0.3) is 0 Å². The van der Waals surface area contributed by atoms with E-state index in [1.54, 1.807) is 0 Å². The van der Waals surface area contributed by atoms with Crippen molar-refractivity contribution in [2.24, 2.45) is 10.1 Å². The largest absolute Gasteiger partial charge is 0.425 e. The Morgan fingerprint density at radius 2 is 2.00 bits per heavy atom. The molecule has 12 heavy (non-hydrogen) atoms. The number of rotatable bonds is 1. The number of fused-ring (bicyclic) bond motifs is 1. The van der Waals surface area contributed by atoms with Gasteiger partial charge in [-0.1, -0.05) is 18.2 Å². The van der Waals surface area contributed by atoms with Crippen LogP contribution >= 0.6 is 0 Å². The molecule has 1 aromatic rings. The number of hydrogen-bond acceptors (Lipinski definition) is 3. The van der Waals surface area contributed by atoms with Crippen molar-refractivity contribution in [1.29, 1.82) is 0 Å². The molecule has 1 aliphatic rings. The lowest BCUT2D eigenvalue weighted by atomic mass is 9.68. The van der Waals surface area contributed by atoms with Gasteiger partial charge in [0.05, 0.1) is 5.69 Å². The normalized spacial score (nSPS) is 14.1. The molecule has 2 rings (SSSR count). The molecule has 0 radical (unpaired) electrons. The molecule has 0 aromatic heterocycles. The molecular formula is C8H10BN3. The second kappa shape index (κ2) is 2.71. The molecule has 1 heterocycles. The summed E-state index contributed by atoms with van der Waals surface area (Å²) < 4.78 is 0. The second-order valence-electron chi connectivity index (χ2n) is 3.11. The van der Waals surface area contributed by atoms with Crippen LogP contribution in [0, 0.1) is 0 Å². The lowest BCUT2D eigenvalue weighted by Crippen LogP contribution is -2.40. The maximum atomic E-state index is 4.15. The van der Waals surface area contributed by atoms with E-state index >= 15 is 0 Å². The van der Waals surface area contributed by atoms with E-state index < -0.39 is 0 Å². The molecule has 60 valence electrons. The van der Waals surface area contributed by atoms with E-state index in [0.717, 1.165) is 5.69 Å². The predicted molar refractivity (Wildman–Crippen MR) is 50.0 cm³/mol. The van der Waals surface area contributed by atoms with Crippen LogP contribution in [0.4, 0.5) is 5.69 Å². The summed E-state index contributed by atoms with van der Waals surface area (Å²) in [5, 5.41) is 8.24. The highest BCUT2D eigenvalue weighted by Gasteiger charge is 2.27. The van der Waals surface area contributed by atoms with E-state index in [1.165, 1.54) is 5.46 Å². The van der Waals surface area contributed by atoms with Crippen LogP contribution < -0.4 is 5.46 Å². The molecule has 0 fully saturated rings. The third-order valence-corrected chi connectivity index (χ3v) is 1.98. The van der Waals surface area contributed by atoms with E-state index in [4.69, 9.17) is 0 Å². The Balaban J connectivity index is 2.42. The molecule has 1 aromatic carbocycles. The van der Waals surface area contributed by atoms with Crippen LogP contribution in [0.5, 0.6) is 0 Å². The van der Waals surface area contributed by atoms with Gasteiger partial charge in [0, 0.05) is 0 Å². The van der Waals surface area contributed by atoms with Crippen molar-refractivity contribution in [2.45, 2.75) is 0 Å². The first-order valence-corrected chi connectivity index (χ1v) is 3.95. The van der Waals surface area contributed by atoms with E-state index in [1.807, 2.05) is 32.3 Å². The lowest BCUT2D eigenvalue weighted by Gasteiger charge is -2.10. The first kappa shape index (κ1) is 7.49. The summed E-state index contributed by atoms with van der Waals surface area (Å²) in [6.45, 7) is 0.112. The summed E-state index contributed by atoms with van der Waals surface area (Å²) in [6, 6.07) is 8.06. The van der Waals surface area contributed by atoms with Gasteiger partial charge in [-0.15, -0.1) is 0 Å². The van der Waals surface area contributed by atoms with Gasteiger partial charge >= 0.3 is 6.98 Å². The van der Waals surface area contributed by atoms with Crippen molar-refractivity contribution in [3.63, 3.8) is 0 Å². The Kier molecular flexibility index (Phi) is 1.69. The number of nitrogens with zero attached hydrogens (tertiary/aromatic N) is 3. The van der Waals surface area contributed by atoms with Gasteiger partial charge in [0.1, 0.15) is 0 Å². The van der Waals surface area contributed by atoms with E-state index in [0.29, 0.717) is 0 Å². The highest BCUT2D eigenvalue weighted by atomic mass is 15.2. The summed E-state index contributed by atoms with van der Waals surface area (Å²) in [5.74, 6) is 0. The van der Waals surface area contributed by atoms with E-state index in [2.05, 4.69) is 21.0 Å². The van der Waals surface area contributed by atoms with E-state index in [-0.39, 0.29) is 6.98 Å². The van der Waals surface area contributed by atoms with Gasteiger partial charge in [-0.05, 0) is 25.6 Å². The molecule has 0 spiro atoms. The van der Waals surface area contributed by atoms with E-state index in [9.17, 15) is 0 Å². The van der Waals surface area contributed by atoms with Crippen LogP contribution in [0.1, 0.15) is 0 Å². The van der Waals surface area contributed by atoms with Crippen molar-refractivity contribution in [3.05, 3.63) is 24.3 Å². The van der Waals surface area contributed by atoms with Gasteiger partial charge < -0.3 is 4.81 Å². The molecule has 0 saturated carbocycles. The first-order valence-electron chi connectivity index (χ1n) is 3.95. The van der Waals surface area contributed by atoms with Crippen molar-refractivity contribution < 1.29 is 0 Å². The summed E-state index contributed by atoms with van der Waals surface area (Å²) in [5.41, 5.74) is 2.19. The molecule has 4 heteroatoms. The molecule has 0 aliphatic carbocycles. The summed E-state index contributed by atoms with van der Waals surface area (Å²) in [7, 11) is 4.01. The smallest absolute Gasteiger partial charge is 0.322 e. The zero-order chi connectivity index (χ0) is 8.55. The van der Waals surface area contributed by atoms with Crippen molar-refractivity contribution in [1.82, 2.24) is 4.81 Å². The highest BCUT2D eigenvalue weighted by molar-refractivity contribution is 6.71. The SMILES string of the molecule is CN(C)B1N=Nc2ccccc21. The Hall–Kier alpha value is -1.16. The average Bonchev–Trinajstić information content (AvgIpc) is 2.47. The third-order valence-electron chi connectivity index (χ3n) is 1.98. The van der Waals surface area contributed by atoms with Crippen molar-refractivity contribution in [2.75, 3.05) is 14.1 Å². The van der Waals surface area contributed by atoms with Gasteiger partial charge in [-0.2, -0.15) is 5.11 Å². The van der Waals surface area contributed by atoms with Gasteiger partial charge in [-0.3, -0.25) is 0 Å². The molecule has 1 aliphatic heterocycles. The topological polar surface area (TPSA) is 28.0 Å². The zero-order valence-electron chi connectivity index (χ0n) is 7.23. The summed E-state index contributed by atoms with van der Waals surface area (Å²) >= 11 is 0. The monoisotopic (exact) mass is 159 g/mol. The minimum atomic E-state index is 0.112. The molecule has 0 atom stereocenters. The molecule has 0 N–H and O–H groups in total. The number of hydrogen-bond donors (Lipinski definition) is 0. The minimum absolute atomic E-state index is 0.112. The van der Waals surface area contributed by atoms with Gasteiger partial charge in [0.15, 0.2) is 0 Å². The molecule has 0 bridgehead atoms. The Labute approximate surface area is 72.2 Å². The molecular weight excluding hydrogens is 149 g/mol. The Bertz CT molecular complexity index is 322. The zero-order valence-corrected chi connectivity index (χ0v) is 7.23. The van der Waals surface area contributed by atoms with Crippen LogP contribution in [-0.4, -0.2) is 25.9 Å². The molecule has 3 nitrogen and oxygen atoms in total. The van der Waals surface area contributed by atoms with Crippen molar-refractivity contribution >= 4 is 18.1 Å². The van der Waals surface area contributed by atoms with Crippen LogP contribution in [0.2, 0.25) is 0 Å². The number of benzene rings is 1. The van der Waals surface area contributed by atoms with Gasteiger partial charge in [-0.25, -0.2) is 5.03 Å². The quantitative estimate of drug-likeness (QED) is 0.562. The minimum Gasteiger partial charge on any atom is -0.322 e. The fourth-order valence-electron chi connectivity index (χ4n) is 1.36. The van der Waals surface area contributed by atoms with Crippen LogP contribution in [0.15, 0.2) is 34.4 Å². The molecule has 0 unspecified atom stereocenters. The third kappa shape index (κ3) is 1.04. The standard InChI is InChI=1S/C8H10BN3/c1-12(2)9-7-5-3-4-6-8(7)10-11-9/h3-6H,1-2H3. The first-order chi connectivity index (χ1) is 5.79. The highest BCUT2D eigenvalue weighted by Crippen LogP contribution is 2.17. The lowest BCUT2D eigenvalue weighted by molar-refractivity contribution is 0.647. The fourth-order valence-corrected chi connectivity index (χ4v) is 1.36. The fraction of sp³-hybridized carbons (Fsp3) is 0.250. The Morgan fingerprint density at radius 1 is 1.25 bits per heavy atom. The maximum absolute atomic E-state index is 4.15. The summed E-state index contributed by atoms with van der Waals surface area (Å²) in [6.07, 6.45) is 0. The van der Waals surface area contributed by atoms with Crippen molar-refractivity contribution in [3.8, 4) is 0 Å². The maximum Gasteiger partial charge on any atom is 0.425 e. The predicted octanol–water partition coefficient (Wildman–Crippen LogP) is 1.04. The van der Waals surface area contributed by atoms with Crippen LogP contribution in [-0.2, 0) is 0 Å². The van der Waals surface area contributed by atoms with Crippen LogP contribution in [0.3, 0.4) is 0 Å². The Morgan fingerprint density at radius 3 is 2.75 bits per heavy atom. The second-order valence-corrected chi connectivity index (χ2v) is 3.11. The van der Waals surface area contributed by atoms with Crippen LogP contribution in [0.25, 0.3) is 0 Å². The molecule has 0 saturated heterocycles. The average molecular weight is 159 g/mol. The summed E-state index contributed by atoms with van der Waals surface area (Å²) in [4.78, 5) is 2.05.